The van der Waals surface area contributed by atoms with Crippen molar-refractivity contribution in [1.29, 1.82) is 0 Å². The largest absolute Gasteiger partial charge is 0.495 e. The fraction of sp³-hybridized carbons (Fsp3) is 0.300. The van der Waals surface area contributed by atoms with Gasteiger partial charge in [0.1, 0.15) is 5.75 Å². The molecule has 2 amide bonds. The van der Waals surface area contributed by atoms with Gasteiger partial charge in [-0.3, -0.25) is 9.59 Å². The molecular weight excluding hydrogens is 401 g/mol. The maximum Gasteiger partial charge on any atom is 0.279 e. The molecule has 1 unspecified atom stereocenters. The van der Waals surface area contributed by atoms with Crippen LogP contribution in [-0.4, -0.2) is 38.6 Å². The first-order valence-electron chi connectivity index (χ1n) is 8.86. The van der Waals surface area contributed by atoms with Crippen molar-refractivity contribution >= 4 is 46.4 Å². The van der Waals surface area contributed by atoms with Crippen molar-refractivity contribution in [3.05, 3.63) is 52.0 Å². The number of rotatable bonds is 8. The van der Waals surface area contributed by atoms with Gasteiger partial charge in [0.05, 0.1) is 35.1 Å². The first-order chi connectivity index (χ1) is 13.3. The number of ether oxygens (including phenoxy) is 1. The number of methoxy groups -OCH3 is 1. The highest BCUT2D eigenvalue weighted by atomic mass is 35.5. The Morgan fingerprint density at radius 3 is 2.32 bits per heavy atom. The lowest BCUT2D eigenvalue weighted by atomic mass is 10.2. The van der Waals surface area contributed by atoms with E-state index in [1.165, 1.54) is 0 Å². The molecule has 150 valence electrons. The fourth-order valence-corrected chi connectivity index (χ4v) is 3.13. The molecule has 0 radical (unpaired) electrons. The quantitative estimate of drug-likeness (QED) is 0.609. The first-order valence-corrected chi connectivity index (χ1v) is 9.62. The number of benzene rings is 2. The SMILES string of the molecule is CC[NH+](CC(=O)Nc1ccccc1OC)CC(=O)Nc1c(Cl)ccc(C)c1Cl. The van der Waals surface area contributed by atoms with Crippen molar-refractivity contribution in [1.82, 2.24) is 0 Å². The van der Waals surface area contributed by atoms with E-state index < -0.39 is 0 Å². The number of quaternary nitrogens is 1. The van der Waals surface area contributed by atoms with Crippen LogP contribution in [0.15, 0.2) is 36.4 Å². The molecule has 3 N–H and O–H groups in total. The molecule has 0 saturated heterocycles. The number of amides is 2. The Morgan fingerprint density at radius 1 is 1.04 bits per heavy atom. The maximum absolute atomic E-state index is 12.4. The van der Waals surface area contributed by atoms with Crippen molar-refractivity contribution < 1.29 is 19.2 Å². The van der Waals surface area contributed by atoms with Gasteiger partial charge in [-0.2, -0.15) is 0 Å². The number of hydrogen-bond donors (Lipinski definition) is 3. The van der Waals surface area contributed by atoms with Crippen LogP contribution in [0, 0.1) is 6.92 Å². The van der Waals surface area contributed by atoms with Gasteiger partial charge in [-0.25, -0.2) is 0 Å². The molecular formula is C20H24Cl2N3O3+. The predicted octanol–water partition coefficient (Wildman–Crippen LogP) is 2.79. The summed E-state index contributed by atoms with van der Waals surface area (Å²) in [7, 11) is 1.54. The summed E-state index contributed by atoms with van der Waals surface area (Å²) in [6, 6.07) is 10.6. The number of likely N-dealkylation sites (N-methyl/N-ethyl adjacent to an activating group) is 1. The minimum Gasteiger partial charge on any atom is -0.495 e. The number of halogens is 2. The highest BCUT2D eigenvalue weighted by Gasteiger charge is 2.19. The zero-order valence-corrected chi connectivity index (χ0v) is 17.6. The number of para-hydroxylation sites is 2. The molecule has 0 aliphatic heterocycles. The second kappa shape index (κ2) is 10.3. The number of aryl methyl sites for hydroxylation is 1. The van der Waals surface area contributed by atoms with Crippen molar-refractivity contribution in [3.8, 4) is 5.75 Å². The average molecular weight is 425 g/mol. The highest BCUT2D eigenvalue weighted by Crippen LogP contribution is 2.32. The molecule has 2 aromatic rings. The van der Waals surface area contributed by atoms with E-state index in [2.05, 4.69) is 10.6 Å². The molecule has 0 heterocycles. The third-order valence-electron chi connectivity index (χ3n) is 4.25. The Hall–Kier alpha value is -2.28. The van der Waals surface area contributed by atoms with Gasteiger partial charge in [-0.15, -0.1) is 0 Å². The van der Waals surface area contributed by atoms with E-state index in [0.717, 1.165) is 10.5 Å². The van der Waals surface area contributed by atoms with Crippen LogP contribution in [0.5, 0.6) is 5.75 Å². The Kier molecular flexibility index (Phi) is 8.11. The van der Waals surface area contributed by atoms with Gasteiger partial charge in [-0.05, 0) is 37.6 Å². The van der Waals surface area contributed by atoms with Crippen molar-refractivity contribution in [2.45, 2.75) is 13.8 Å². The van der Waals surface area contributed by atoms with Crippen molar-refractivity contribution in [2.75, 3.05) is 37.4 Å². The van der Waals surface area contributed by atoms with Crippen LogP contribution >= 0.6 is 23.2 Å². The number of nitrogens with one attached hydrogen (secondary N) is 3. The van der Waals surface area contributed by atoms with Crippen LogP contribution in [0.3, 0.4) is 0 Å². The number of hydrogen-bond acceptors (Lipinski definition) is 3. The summed E-state index contributed by atoms with van der Waals surface area (Å²) in [6.07, 6.45) is 0. The van der Waals surface area contributed by atoms with Gasteiger partial charge in [0.25, 0.3) is 11.8 Å². The molecule has 0 bridgehead atoms. The lowest BCUT2D eigenvalue weighted by molar-refractivity contribution is -0.881. The van der Waals surface area contributed by atoms with Crippen LogP contribution < -0.4 is 20.3 Å². The maximum atomic E-state index is 12.4. The molecule has 28 heavy (non-hydrogen) atoms. The van der Waals surface area contributed by atoms with Gasteiger partial charge >= 0.3 is 0 Å². The summed E-state index contributed by atoms with van der Waals surface area (Å²) in [5.41, 5.74) is 1.80. The molecule has 1 atom stereocenters. The minimum absolute atomic E-state index is 0.108. The van der Waals surface area contributed by atoms with E-state index in [9.17, 15) is 9.59 Å². The topological polar surface area (TPSA) is 71.9 Å². The molecule has 0 spiro atoms. The summed E-state index contributed by atoms with van der Waals surface area (Å²) in [6.45, 7) is 4.58. The summed E-state index contributed by atoms with van der Waals surface area (Å²) in [5, 5.41) is 6.35. The normalized spacial score (nSPS) is 11.6. The Bertz CT molecular complexity index is 859. The standard InChI is InChI=1S/C20H23Cl2N3O3/c1-4-25(11-17(26)23-15-7-5-6-8-16(15)28-3)12-18(27)24-20-14(21)10-9-13(2)19(20)22/h5-10H,4,11-12H2,1-3H3,(H,23,26)(H,24,27)/p+1. The number of carbonyl (C=O) groups is 2. The Labute approximate surface area is 174 Å². The number of anilines is 2. The lowest BCUT2D eigenvalue weighted by Gasteiger charge is -2.18. The van der Waals surface area contributed by atoms with Gasteiger partial charge in [0, 0.05) is 0 Å². The molecule has 0 aliphatic carbocycles. The van der Waals surface area contributed by atoms with Crippen LogP contribution in [-0.2, 0) is 9.59 Å². The van der Waals surface area contributed by atoms with E-state index in [-0.39, 0.29) is 24.9 Å². The molecule has 0 aliphatic rings. The zero-order valence-electron chi connectivity index (χ0n) is 16.1. The Morgan fingerprint density at radius 2 is 1.68 bits per heavy atom. The van der Waals surface area contributed by atoms with Crippen LogP contribution in [0.1, 0.15) is 12.5 Å². The van der Waals surface area contributed by atoms with Crippen molar-refractivity contribution in [2.24, 2.45) is 0 Å². The molecule has 0 aromatic heterocycles. The summed E-state index contributed by atoms with van der Waals surface area (Å²) in [5.74, 6) is 0.104. The lowest BCUT2D eigenvalue weighted by Crippen LogP contribution is -3.13. The van der Waals surface area contributed by atoms with E-state index in [1.54, 1.807) is 31.4 Å². The summed E-state index contributed by atoms with van der Waals surface area (Å²) >= 11 is 12.4. The molecule has 0 saturated carbocycles. The molecule has 2 aromatic carbocycles. The van der Waals surface area contributed by atoms with E-state index in [0.29, 0.717) is 33.7 Å². The second-order valence-corrected chi connectivity index (χ2v) is 7.09. The second-order valence-electron chi connectivity index (χ2n) is 6.31. The van der Waals surface area contributed by atoms with E-state index in [4.69, 9.17) is 27.9 Å². The highest BCUT2D eigenvalue weighted by molar-refractivity contribution is 6.40. The van der Waals surface area contributed by atoms with Crippen molar-refractivity contribution in [3.63, 3.8) is 0 Å². The third-order valence-corrected chi connectivity index (χ3v) is 5.05. The summed E-state index contributed by atoms with van der Waals surface area (Å²) in [4.78, 5) is 25.6. The van der Waals surface area contributed by atoms with E-state index >= 15 is 0 Å². The van der Waals surface area contributed by atoms with Gasteiger partial charge in [0.2, 0.25) is 0 Å². The monoisotopic (exact) mass is 424 g/mol. The molecule has 0 fully saturated rings. The molecule has 8 heteroatoms. The number of carbonyl (C=O) groups excluding carboxylic acids is 2. The average Bonchev–Trinajstić information content (AvgIpc) is 2.68. The minimum atomic E-state index is -0.267. The van der Waals surface area contributed by atoms with Gasteiger partial charge in [-0.1, -0.05) is 41.4 Å². The molecule has 6 nitrogen and oxygen atoms in total. The summed E-state index contributed by atoms with van der Waals surface area (Å²) < 4.78 is 5.23. The smallest absolute Gasteiger partial charge is 0.279 e. The molecule has 2 rings (SSSR count). The van der Waals surface area contributed by atoms with Crippen LogP contribution in [0.2, 0.25) is 10.0 Å². The third kappa shape index (κ3) is 5.86. The van der Waals surface area contributed by atoms with Gasteiger partial charge in [0.15, 0.2) is 13.1 Å². The zero-order chi connectivity index (χ0) is 20.7. The van der Waals surface area contributed by atoms with Crippen LogP contribution in [0.4, 0.5) is 11.4 Å². The van der Waals surface area contributed by atoms with Crippen LogP contribution in [0.25, 0.3) is 0 Å². The Balaban J connectivity index is 1.97. The predicted molar refractivity (Wildman–Crippen MR) is 113 cm³/mol. The first kappa shape index (κ1) is 22.0. The van der Waals surface area contributed by atoms with E-state index in [1.807, 2.05) is 26.0 Å². The fourth-order valence-electron chi connectivity index (χ4n) is 2.66. The van der Waals surface area contributed by atoms with Gasteiger partial charge < -0.3 is 20.3 Å².